The van der Waals surface area contributed by atoms with E-state index in [1.54, 1.807) is 0 Å². The Hall–Kier alpha value is -4.39. The maximum Gasteiger partial charge on any atom is 0.407 e. The summed E-state index contributed by atoms with van der Waals surface area (Å²) in [6.07, 6.45) is 0.592. The molecule has 0 unspecified atom stereocenters. The van der Waals surface area contributed by atoms with E-state index in [1.807, 2.05) is 66.7 Å². The third kappa shape index (κ3) is 6.64. The first-order valence-corrected chi connectivity index (χ1v) is 12.2. The van der Waals surface area contributed by atoms with Crippen molar-refractivity contribution in [1.82, 2.24) is 5.32 Å². The fraction of sp³-hybridized carbons (Fsp3) is 0.233. The number of carbonyl (C=O) groups excluding carboxylic acids is 3. The summed E-state index contributed by atoms with van der Waals surface area (Å²) in [5, 5.41) is 2.55. The first-order chi connectivity index (χ1) is 18.1. The lowest BCUT2D eigenvalue weighted by Gasteiger charge is -2.19. The van der Waals surface area contributed by atoms with Crippen molar-refractivity contribution in [1.29, 1.82) is 0 Å². The first-order valence-electron chi connectivity index (χ1n) is 12.2. The molecule has 0 heterocycles. The molecule has 4 rings (SSSR count). The highest BCUT2D eigenvalue weighted by molar-refractivity contribution is 5.82. The van der Waals surface area contributed by atoms with Crippen LogP contribution in [0.1, 0.15) is 35.4 Å². The summed E-state index contributed by atoms with van der Waals surface area (Å²) in [4.78, 5) is 37.5. The van der Waals surface area contributed by atoms with Gasteiger partial charge in [-0.1, -0.05) is 91.5 Å². The molecule has 1 N–H and O–H groups in total. The number of hydrogen-bond donors (Lipinski definition) is 1. The van der Waals surface area contributed by atoms with Crippen LogP contribution in [0.3, 0.4) is 0 Å². The van der Waals surface area contributed by atoms with Gasteiger partial charge in [0.25, 0.3) is 0 Å². The third-order valence-electron chi connectivity index (χ3n) is 6.14. The van der Waals surface area contributed by atoms with E-state index in [0.29, 0.717) is 0 Å². The van der Waals surface area contributed by atoms with Crippen molar-refractivity contribution in [2.45, 2.75) is 31.4 Å². The van der Waals surface area contributed by atoms with Gasteiger partial charge in [0, 0.05) is 12.3 Å². The molecule has 0 spiro atoms. The molecule has 0 aromatic heterocycles. The van der Waals surface area contributed by atoms with Crippen LogP contribution in [0.2, 0.25) is 0 Å². The van der Waals surface area contributed by atoms with Crippen molar-refractivity contribution in [3.05, 3.63) is 108 Å². The van der Waals surface area contributed by atoms with E-state index in [4.69, 9.17) is 14.2 Å². The summed E-state index contributed by atoms with van der Waals surface area (Å²) in [7, 11) is 0. The first kappa shape index (κ1) is 25.7. The summed E-state index contributed by atoms with van der Waals surface area (Å²) in [6, 6.07) is 24.2. The number of ether oxygens (including phenoxy) is 3. The van der Waals surface area contributed by atoms with Crippen LogP contribution in [0.15, 0.2) is 91.5 Å². The average molecular weight is 500 g/mol. The number of alkyl carbamates (subject to hydrolysis) is 1. The van der Waals surface area contributed by atoms with Gasteiger partial charge in [-0.05, 0) is 34.2 Å². The molecule has 0 saturated carbocycles. The van der Waals surface area contributed by atoms with Gasteiger partial charge in [-0.15, -0.1) is 0 Å². The molecule has 1 aliphatic carbocycles. The maximum atomic E-state index is 12.7. The van der Waals surface area contributed by atoms with Crippen molar-refractivity contribution >= 4 is 18.0 Å². The van der Waals surface area contributed by atoms with Crippen LogP contribution in [0, 0.1) is 0 Å². The topological polar surface area (TPSA) is 90.9 Å². The lowest BCUT2D eigenvalue weighted by Crippen LogP contribution is -2.42. The number of hydrogen-bond acceptors (Lipinski definition) is 6. The number of nitrogens with one attached hydrogen (secondary N) is 1. The predicted molar refractivity (Wildman–Crippen MR) is 139 cm³/mol. The second-order valence-corrected chi connectivity index (χ2v) is 8.63. The van der Waals surface area contributed by atoms with Gasteiger partial charge in [-0.2, -0.15) is 0 Å². The maximum absolute atomic E-state index is 12.7. The number of fused-ring (bicyclic) bond motifs is 3. The van der Waals surface area contributed by atoms with Crippen LogP contribution >= 0.6 is 0 Å². The van der Waals surface area contributed by atoms with Gasteiger partial charge >= 0.3 is 18.0 Å². The van der Waals surface area contributed by atoms with Crippen molar-refractivity contribution in [3.63, 3.8) is 0 Å². The second-order valence-electron chi connectivity index (χ2n) is 8.63. The van der Waals surface area contributed by atoms with E-state index in [-0.39, 0.29) is 38.6 Å². The Morgan fingerprint density at radius 1 is 0.838 bits per heavy atom. The smallest absolute Gasteiger partial charge is 0.407 e. The van der Waals surface area contributed by atoms with Gasteiger partial charge in [0.1, 0.15) is 25.9 Å². The molecule has 0 radical (unpaired) electrons. The van der Waals surface area contributed by atoms with E-state index in [0.717, 1.165) is 27.8 Å². The Labute approximate surface area is 216 Å². The molecule has 0 saturated heterocycles. The lowest BCUT2D eigenvalue weighted by atomic mass is 9.98. The number of rotatable bonds is 11. The minimum atomic E-state index is -1.07. The standard InChI is InChI=1S/C30H29NO6/c1-2-18-35-29(33)27(16-17-28(32)36-19-21-10-4-3-5-11-21)31-30(34)37-20-26-24-14-8-6-12-22(24)23-13-7-9-15-25(23)26/h2-15,26-27H,1,16-20H2,(H,31,34)/t27-/m1/s1. The highest BCUT2D eigenvalue weighted by atomic mass is 16.6. The molecule has 190 valence electrons. The van der Waals surface area contributed by atoms with E-state index >= 15 is 0 Å². The molecule has 1 aliphatic rings. The molecular formula is C30H29NO6. The zero-order chi connectivity index (χ0) is 26.0. The molecule has 7 nitrogen and oxygen atoms in total. The Morgan fingerprint density at radius 2 is 1.46 bits per heavy atom. The highest BCUT2D eigenvalue weighted by Gasteiger charge is 2.30. The number of esters is 2. The van der Waals surface area contributed by atoms with Crippen molar-refractivity contribution in [3.8, 4) is 11.1 Å². The van der Waals surface area contributed by atoms with Gasteiger partial charge in [0.2, 0.25) is 0 Å². The van der Waals surface area contributed by atoms with E-state index < -0.39 is 24.1 Å². The third-order valence-corrected chi connectivity index (χ3v) is 6.14. The minimum absolute atomic E-state index is 0.00773. The minimum Gasteiger partial charge on any atom is -0.461 e. The fourth-order valence-electron chi connectivity index (χ4n) is 4.35. The van der Waals surface area contributed by atoms with Gasteiger partial charge in [-0.25, -0.2) is 9.59 Å². The number of carbonyl (C=O) groups is 3. The number of benzene rings is 3. The van der Waals surface area contributed by atoms with E-state index in [1.165, 1.54) is 6.08 Å². The van der Waals surface area contributed by atoms with Crippen LogP contribution in [0.25, 0.3) is 11.1 Å². The monoisotopic (exact) mass is 499 g/mol. The summed E-state index contributed by atoms with van der Waals surface area (Å²) >= 11 is 0. The molecule has 0 aliphatic heterocycles. The van der Waals surface area contributed by atoms with Crippen LogP contribution in [-0.4, -0.2) is 37.3 Å². The molecule has 3 aromatic carbocycles. The molecule has 0 fully saturated rings. The summed E-state index contributed by atoms with van der Waals surface area (Å²) in [6.45, 7) is 3.75. The predicted octanol–water partition coefficient (Wildman–Crippen LogP) is 5.15. The van der Waals surface area contributed by atoms with Gasteiger partial charge in [-0.3, -0.25) is 4.79 Å². The molecule has 7 heteroatoms. The fourth-order valence-corrected chi connectivity index (χ4v) is 4.35. The molecule has 1 atom stereocenters. The van der Waals surface area contributed by atoms with E-state index in [2.05, 4.69) is 24.0 Å². The summed E-state index contributed by atoms with van der Waals surface area (Å²) < 4.78 is 15.9. The molecular weight excluding hydrogens is 470 g/mol. The zero-order valence-corrected chi connectivity index (χ0v) is 20.4. The highest BCUT2D eigenvalue weighted by Crippen LogP contribution is 2.44. The summed E-state index contributed by atoms with van der Waals surface area (Å²) in [5.41, 5.74) is 5.26. The molecule has 37 heavy (non-hydrogen) atoms. The van der Waals surface area contributed by atoms with Crippen LogP contribution in [0.4, 0.5) is 4.79 Å². The lowest BCUT2D eigenvalue weighted by molar-refractivity contribution is -0.147. The van der Waals surface area contributed by atoms with Gasteiger partial charge in [0.15, 0.2) is 0 Å². The van der Waals surface area contributed by atoms with Crippen LogP contribution < -0.4 is 5.32 Å². The van der Waals surface area contributed by atoms with E-state index in [9.17, 15) is 14.4 Å². The molecule has 1 amide bonds. The second kappa shape index (κ2) is 12.5. The Bertz CT molecular complexity index is 1210. The Kier molecular flexibility index (Phi) is 8.70. The van der Waals surface area contributed by atoms with Crippen molar-refractivity contribution < 1.29 is 28.6 Å². The zero-order valence-electron chi connectivity index (χ0n) is 20.4. The largest absolute Gasteiger partial charge is 0.461 e. The SMILES string of the molecule is C=CCOC(=O)[C@@H](CCC(=O)OCc1ccccc1)NC(=O)OCC1c2ccccc2-c2ccccc21. The molecule has 0 bridgehead atoms. The van der Waals surface area contributed by atoms with Crippen LogP contribution in [-0.2, 0) is 30.4 Å². The number of amides is 1. The normalized spacial score (nSPS) is 12.5. The Morgan fingerprint density at radius 3 is 2.11 bits per heavy atom. The van der Waals surface area contributed by atoms with Crippen molar-refractivity contribution in [2.24, 2.45) is 0 Å². The Balaban J connectivity index is 1.34. The van der Waals surface area contributed by atoms with Crippen LogP contribution in [0.5, 0.6) is 0 Å². The molecule has 3 aromatic rings. The quantitative estimate of drug-likeness (QED) is 0.223. The van der Waals surface area contributed by atoms with Crippen molar-refractivity contribution in [2.75, 3.05) is 13.2 Å². The average Bonchev–Trinajstić information content (AvgIpc) is 3.25. The van der Waals surface area contributed by atoms with Gasteiger partial charge < -0.3 is 19.5 Å². The van der Waals surface area contributed by atoms with Gasteiger partial charge in [0.05, 0.1) is 0 Å². The summed E-state index contributed by atoms with van der Waals surface area (Å²) in [5.74, 6) is -1.28.